The van der Waals surface area contributed by atoms with Crippen molar-refractivity contribution in [1.82, 2.24) is 0 Å². The van der Waals surface area contributed by atoms with Gasteiger partial charge in [0.2, 0.25) is 0 Å². The summed E-state index contributed by atoms with van der Waals surface area (Å²) in [6, 6.07) is 26.1. The first-order valence-corrected chi connectivity index (χ1v) is 7.61. The van der Waals surface area contributed by atoms with Gasteiger partial charge in [-0.05, 0) is 50.2 Å². The van der Waals surface area contributed by atoms with Crippen LogP contribution in [0.1, 0.15) is 13.8 Å². The highest BCUT2D eigenvalue weighted by Gasteiger charge is 1.76. The minimum atomic E-state index is 0.167. The van der Waals surface area contributed by atoms with Gasteiger partial charge >= 0.3 is 0 Å². The fourth-order valence-corrected chi connectivity index (χ4v) is 1.28. The zero-order valence-corrected chi connectivity index (χ0v) is 14.4. The monoisotopic (exact) mass is 340 g/mol. The maximum Gasteiger partial charge on any atom is 0.126 e. The van der Waals surface area contributed by atoms with Gasteiger partial charge in [0.1, 0.15) is 23.0 Å². The summed E-state index contributed by atoms with van der Waals surface area (Å²) in [5.74, 6) is 1.13. The molecule has 0 fully saturated rings. The van der Waals surface area contributed by atoms with E-state index in [1.807, 2.05) is 18.2 Å². The first-order chi connectivity index (χ1) is 11.9. The molecule has 0 aromatic heterocycles. The predicted octanol–water partition coefficient (Wildman–Crippen LogP) is 4.77. The average molecular weight is 340 g/mol. The molecule has 0 saturated carbocycles. The van der Waals surface area contributed by atoms with E-state index < -0.39 is 0 Å². The Hall–Kier alpha value is -3.27. The SMILES string of the molecule is CC(C)=O.Oc1ccccc1.Oc1ccccc1.Oc1ccccc1. The van der Waals surface area contributed by atoms with Crippen LogP contribution in [-0.2, 0) is 4.79 Å². The molecule has 4 heteroatoms. The molecule has 3 aromatic rings. The van der Waals surface area contributed by atoms with E-state index in [1.165, 1.54) is 13.8 Å². The average Bonchev–Trinajstić information content (AvgIpc) is 2.58. The third-order valence-electron chi connectivity index (χ3n) is 2.27. The van der Waals surface area contributed by atoms with Crippen LogP contribution < -0.4 is 0 Å². The van der Waals surface area contributed by atoms with Crippen LogP contribution in [0.5, 0.6) is 17.2 Å². The minimum absolute atomic E-state index is 0.167. The van der Waals surface area contributed by atoms with Gasteiger partial charge in [0.25, 0.3) is 0 Å². The van der Waals surface area contributed by atoms with Crippen LogP contribution in [0.2, 0.25) is 0 Å². The van der Waals surface area contributed by atoms with Crippen LogP contribution in [0.4, 0.5) is 0 Å². The van der Waals surface area contributed by atoms with Crippen molar-refractivity contribution in [2.45, 2.75) is 13.8 Å². The summed E-state index contributed by atoms with van der Waals surface area (Å²) in [6.07, 6.45) is 0. The number of carbonyl (C=O) groups excluding carboxylic acids is 1. The second-order valence-electron chi connectivity index (χ2n) is 4.91. The van der Waals surface area contributed by atoms with Crippen LogP contribution in [0.3, 0.4) is 0 Å². The molecular formula is C21H24O4. The lowest BCUT2D eigenvalue weighted by atomic mass is 10.3. The first kappa shape index (κ1) is 21.7. The van der Waals surface area contributed by atoms with Gasteiger partial charge in [0.05, 0.1) is 0 Å². The van der Waals surface area contributed by atoms with Crippen molar-refractivity contribution >= 4 is 5.78 Å². The molecule has 3 rings (SSSR count). The molecule has 25 heavy (non-hydrogen) atoms. The van der Waals surface area contributed by atoms with E-state index in [0.717, 1.165) is 0 Å². The molecule has 0 radical (unpaired) electrons. The maximum atomic E-state index is 9.44. The van der Waals surface area contributed by atoms with Crippen molar-refractivity contribution in [3.05, 3.63) is 91.0 Å². The maximum absolute atomic E-state index is 9.44. The summed E-state index contributed by atoms with van der Waals surface area (Å²) in [7, 11) is 0. The molecule has 4 nitrogen and oxygen atoms in total. The molecule has 0 heterocycles. The van der Waals surface area contributed by atoms with Crippen molar-refractivity contribution < 1.29 is 20.1 Å². The van der Waals surface area contributed by atoms with Gasteiger partial charge in [0.15, 0.2) is 0 Å². The van der Waals surface area contributed by atoms with Gasteiger partial charge in [-0.15, -0.1) is 0 Å². The minimum Gasteiger partial charge on any atom is -0.508 e. The molecule has 0 saturated heterocycles. The highest BCUT2D eigenvalue weighted by Crippen LogP contribution is 2.04. The largest absolute Gasteiger partial charge is 0.508 e. The van der Waals surface area contributed by atoms with Crippen LogP contribution in [0.25, 0.3) is 0 Å². The Balaban J connectivity index is 0.000000314. The summed E-state index contributed by atoms with van der Waals surface area (Å²) in [4.78, 5) is 9.44. The standard InChI is InChI=1S/3C6H6O.C3H6O/c3*7-6-4-2-1-3-5-6;1-3(2)4/h3*1-5,7H;1-2H3. The van der Waals surface area contributed by atoms with E-state index in [1.54, 1.807) is 72.8 Å². The van der Waals surface area contributed by atoms with E-state index in [9.17, 15) is 4.79 Å². The molecule has 0 aliphatic rings. The van der Waals surface area contributed by atoms with Crippen LogP contribution in [0, 0.1) is 0 Å². The summed E-state index contributed by atoms with van der Waals surface area (Å²) in [6.45, 7) is 3.06. The van der Waals surface area contributed by atoms with E-state index in [0.29, 0.717) is 17.2 Å². The summed E-state index contributed by atoms with van der Waals surface area (Å²) >= 11 is 0. The van der Waals surface area contributed by atoms with Crippen molar-refractivity contribution in [3.63, 3.8) is 0 Å². The lowest BCUT2D eigenvalue weighted by molar-refractivity contribution is -0.114. The van der Waals surface area contributed by atoms with Gasteiger partial charge in [-0.25, -0.2) is 0 Å². The molecule has 0 unspecified atom stereocenters. The highest BCUT2D eigenvalue weighted by molar-refractivity contribution is 5.72. The second-order valence-corrected chi connectivity index (χ2v) is 4.91. The smallest absolute Gasteiger partial charge is 0.126 e. The zero-order valence-electron chi connectivity index (χ0n) is 14.4. The number of Topliss-reactive ketones (excluding diaryl/α,β-unsaturated/α-hetero) is 1. The van der Waals surface area contributed by atoms with E-state index >= 15 is 0 Å². The second kappa shape index (κ2) is 14.3. The molecule has 132 valence electrons. The van der Waals surface area contributed by atoms with Crippen LogP contribution in [0.15, 0.2) is 91.0 Å². The zero-order chi connectivity index (χ0) is 18.9. The Morgan fingerprint density at radius 3 is 0.760 bits per heavy atom. The highest BCUT2D eigenvalue weighted by atomic mass is 16.3. The Bertz CT molecular complexity index is 575. The number of para-hydroxylation sites is 3. The number of ketones is 1. The molecule has 0 aliphatic carbocycles. The van der Waals surface area contributed by atoms with Gasteiger partial charge in [0, 0.05) is 0 Å². The molecular weight excluding hydrogens is 316 g/mol. The Labute approximate surface area is 148 Å². The van der Waals surface area contributed by atoms with Crippen LogP contribution in [-0.4, -0.2) is 21.1 Å². The lowest BCUT2D eigenvalue weighted by Gasteiger charge is -1.82. The lowest BCUT2D eigenvalue weighted by Crippen LogP contribution is -1.69. The molecule has 3 N–H and O–H groups in total. The van der Waals surface area contributed by atoms with Crippen molar-refractivity contribution in [3.8, 4) is 17.2 Å². The molecule has 0 amide bonds. The molecule has 0 atom stereocenters. The number of benzene rings is 3. The van der Waals surface area contributed by atoms with Gasteiger partial charge in [-0.2, -0.15) is 0 Å². The number of carbonyl (C=O) groups is 1. The fraction of sp³-hybridized carbons (Fsp3) is 0.0952. The number of phenolic OH excluding ortho intramolecular Hbond substituents is 3. The third kappa shape index (κ3) is 16.9. The van der Waals surface area contributed by atoms with E-state index in [-0.39, 0.29) is 5.78 Å². The Morgan fingerprint density at radius 2 is 0.680 bits per heavy atom. The predicted molar refractivity (Wildman–Crippen MR) is 101 cm³/mol. The third-order valence-corrected chi connectivity index (χ3v) is 2.27. The van der Waals surface area contributed by atoms with Crippen molar-refractivity contribution in [1.29, 1.82) is 0 Å². The first-order valence-electron chi connectivity index (χ1n) is 7.61. The van der Waals surface area contributed by atoms with E-state index in [4.69, 9.17) is 15.3 Å². The van der Waals surface area contributed by atoms with E-state index in [2.05, 4.69) is 0 Å². The summed E-state index contributed by atoms with van der Waals surface area (Å²) < 4.78 is 0. The Morgan fingerprint density at radius 1 is 0.520 bits per heavy atom. The van der Waals surface area contributed by atoms with Gasteiger partial charge in [-0.1, -0.05) is 54.6 Å². The normalized spacial score (nSPS) is 8.24. The summed E-state index contributed by atoms with van der Waals surface area (Å²) in [5, 5.41) is 25.9. The van der Waals surface area contributed by atoms with Crippen molar-refractivity contribution in [2.24, 2.45) is 0 Å². The number of phenols is 3. The molecule has 3 aromatic carbocycles. The molecule has 0 spiro atoms. The van der Waals surface area contributed by atoms with Gasteiger partial charge < -0.3 is 20.1 Å². The summed E-state index contributed by atoms with van der Waals surface area (Å²) in [5.41, 5.74) is 0. The van der Waals surface area contributed by atoms with Crippen LogP contribution >= 0.6 is 0 Å². The topological polar surface area (TPSA) is 77.8 Å². The fourth-order valence-electron chi connectivity index (χ4n) is 1.28. The quantitative estimate of drug-likeness (QED) is 0.551. The Kier molecular flexibility index (Phi) is 12.5. The number of hydrogen-bond acceptors (Lipinski definition) is 4. The number of hydrogen-bond donors (Lipinski definition) is 3. The number of rotatable bonds is 0. The van der Waals surface area contributed by atoms with Crippen molar-refractivity contribution in [2.75, 3.05) is 0 Å². The molecule has 0 aliphatic heterocycles. The molecule has 0 bridgehead atoms. The number of aromatic hydroxyl groups is 3. The van der Waals surface area contributed by atoms with Gasteiger partial charge in [-0.3, -0.25) is 0 Å².